The van der Waals surface area contributed by atoms with Crippen molar-refractivity contribution in [1.29, 1.82) is 0 Å². The third-order valence-electron chi connectivity index (χ3n) is 3.65. The first kappa shape index (κ1) is 14.4. The molecule has 0 saturated heterocycles. The summed E-state index contributed by atoms with van der Waals surface area (Å²) in [6, 6.07) is 16.1. The van der Waals surface area contributed by atoms with E-state index in [1.54, 1.807) is 0 Å². The van der Waals surface area contributed by atoms with Crippen LogP contribution in [0.2, 0.25) is 0 Å². The molecule has 0 amide bonds. The van der Waals surface area contributed by atoms with Crippen molar-refractivity contribution in [3.05, 3.63) is 70.8 Å². The van der Waals surface area contributed by atoms with Crippen molar-refractivity contribution in [1.82, 2.24) is 0 Å². The van der Waals surface area contributed by atoms with Gasteiger partial charge in [-0.05, 0) is 47.6 Å². The molecule has 2 aromatic rings. The van der Waals surface area contributed by atoms with Gasteiger partial charge in [-0.25, -0.2) is 0 Å². The van der Waals surface area contributed by atoms with Gasteiger partial charge in [0.05, 0.1) is 0 Å². The number of aryl methyl sites for hydroxylation is 2. The van der Waals surface area contributed by atoms with Gasteiger partial charge in [-0.3, -0.25) is 0 Å². The van der Waals surface area contributed by atoms with Crippen molar-refractivity contribution < 1.29 is 34.7 Å². The van der Waals surface area contributed by atoms with E-state index in [0.29, 0.717) is 0 Å². The molecule has 0 unspecified atom stereocenters. The molecule has 0 atom stereocenters. The zero-order chi connectivity index (χ0) is 12.5. The second-order valence-corrected chi connectivity index (χ2v) is 4.78. The summed E-state index contributed by atoms with van der Waals surface area (Å²) in [6.07, 6.45) is 1.81. The Bertz CT molecular complexity index is 629. The smallest absolute Gasteiger partial charge is 0.872 e. The molecule has 0 heterocycles. The Hall–Kier alpha value is -1.02. The fourth-order valence-corrected chi connectivity index (χ4v) is 2.66. The summed E-state index contributed by atoms with van der Waals surface area (Å²) >= 11 is 0. The van der Waals surface area contributed by atoms with Crippen molar-refractivity contribution in [2.45, 2.75) is 19.8 Å². The van der Waals surface area contributed by atoms with Gasteiger partial charge in [0.25, 0.3) is 0 Å². The molecule has 3 rings (SSSR count). The second kappa shape index (κ2) is 5.96. The predicted molar refractivity (Wildman–Crippen MR) is 72.8 cm³/mol. The molecule has 2 heteroatoms. The summed E-state index contributed by atoms with van der Waals surface area (Å²) in [5.41, 5.74) is 5.31. The molecule has 0 bridgehead atoms. The Morgan fingerprint density at radius 3 is 2.21 bits per heavy atom. The SMILES string of the molecule is Cc1ccccc1C1=C([O-])c2ccccc2CC1.[Na+]. The molecule has 0 N–H and O–H groups in total. The van der Waals surface area contributed by atoms with Crippen LogP contribution >= 0.6 is 0 Å². The van der Waals surface area contributed by atoms with E-state index < -0.39 is 0 Å². The van der Waals surface area contributed by atoms with Crippen LogP contribution in [0.25, 0.3) is 11.3 Å². The normalized spacial score (nSPS) is 13.7. The fourth-order valence-electron chi connectivity index (χ4n) is 2.66. The Kier molecular flexibility index (Phi) is 4.51. The van der Waals surface area contributed by atoms with Crippen molar-refractivity contribution >= 4 is 11.3 Å². The predicted octanol–water partition coefficient (Wildman–Crippen LogP) is 0.174. The maximum Gasteiger partial charge on any atom is 1.00 e. The Morgan fingerprint density at radius 2 is 1.47 bits per heavy atom. The quantitative estimate of drug-likeness (QED) is 0.669. The zero-order valence-corrected chi connectivity index (χ0v) is 13.4. The largest absolute Gasteiger partial charge is 1.00 e. The van der Waals surface area contributed by atoms with E-state index in [4.69, 9.17) is 0 Å². The van der Waals surface area contributed by atoms with E-state index in [-0.39, 0.29) is 35.3 Å². The molecule has 0 aromatic heterocycles. The minimum Gasteiger partial charge on any atom is -0.872 e. The van der Waals surface area contributed by atoms with Crippen LogP contribution in [0.3, 0.4) is 0 Å². The van der Waals surface area contributed by atoms with Crippen LogP contribution in [0.4, 0.5) is 0 Å². The van der Waals surface area contributed by atoms with E-state index in [2.05, 4.69) is 25.1 Å². The van der Waals surface area contributed by atoms with Gasteiger partial charge in [-0.1, -0.05) is 54.3 Å². The Morgan fingerprint density at radius 1 is 0.842 bits per heavy atom. The van der Waals surface area contributed by atoms with Crippen LogP contribution in [0.15, 0.2) is 48.5 Å². The van der Waals surface area contributed by atoms with Gasteiger partial charge in [0.2, 0.25) is 0 Å². The Balaban J connectivity index is 0.00000133. The van der Waals surface area contributed by atoms with Crippen molar-refractivity contribution in [3.8, 4) is 0 Å². The minimum atomic E-state index is 0. The standard InChI is InChI=1S/C17H16O.Na/c1-12-6-2-4-8-14(12)16-11-10-13-7-3-5-9-15(13)17(16)18;/h2-9,18H,10-11H2,1H3;/q;+1/p-1. The van der Waals surface area contributed by atoms with Crippen molar-refractivity contribution in [2.24, 2.45) is 0 Å². The summed E-state index contributed by atoms with van der Waals surface area (Å²) in [4.78, 5) is 0. The first-order valence-corrected chi connectivity index (χ1v) is 6.32. The number of hydrogen-bond acceptors (Lipinski definition) is 1. The summed E-state index contributed by atoms with van der Waals surface area (Å²) in [5, 5.41) is 12.5. The Labute approximate surface area is 136 Å². The number of fused-ring (bicyclic) bond motifs is 1. The average Bonchev–Trinajstić information content (AvgIpc) is 2.41. The summed E-state index contributed by atoms with van der Waals surface area (Å²) in [6.45, 7) is 2.07. The van der Waals surface area contributed by atoms with Crippen molar-refractivity contribution in [3.63, 3.8) is 0 Å². The topological polar surface area (TPSA) is 23.1 Å². The van der Waals surface area contributed by atoms with E-state index >= 15 is 0 Å². The van der Waals surface area contributed by atoms with Gasteiger partial charge in [0.15, 0.2) is 0 Å². The number of allylic oxidation sites excluding steroid dienone is 1. The molecule has 0 saturated carbocycles. The summed E-state index contributed by atoms with van der Waals surface area (Å²) in [7, 11) is 0. The van der Waals surface area contributed by atoms with Crippen LogP contribution < -0.4 is 34.7 Å². The summed E-state index contributed by atoms with van der Waals surface area (Å²) < 4.78 is 0. The van der Waals surface area contributed by atoms with Gasteiger partial charge >= 0.3 is 29.6 Å². The second-order valence-electron chi connectivity index (χ2n) is 4.78. The molecule has 0 aliphatic heterocycles. The molecular weight excluding hydrogens is 243 g/mol. The molecule has 1 nitrogen and oxygen atoms in total. The third kappa shape index (κ3) is 2.64. The fraction of sp³-hybridized carbons (Fsp3) is 0.176. The van der Waals surface area contributed by atoms with Gasteiger partial charge in [0, 0.05) is 0 Å². The minimum absolute atomic E-state index is 0. The van der Waals surface area contributed by atoms with Gasteiger partial charge < -0.3 is 5.11 Å². The number of hydrogen-bond donors (Lipinski definition) is 0. The molecule has 0 radical (unpaired) electrons. The first-order chi connectivity index (χ1) is 8.77. The van der Waals surface area contributed by atoms with Crippen molar-refractivity contribution in [2.75, 3.05) is 0 Å². The first-order valence-electron chi connectivity index (χ1n) is 6.32. The molecular formula is C17H15NaO. The number of rotatable bonds is 1. The monoisotopic (exact) mass is 258 g/mol. The zero-order valence-electron chi connectivity index (χ0n) is 11.4. The molecule has 0 fully saturated rings. The van der Waals surface area contributed by atoms with Crippen LogP contribution in [0.5, 0.6) is 0 Å². The molecule has 2 aromatic carbocycles. The molecule has 19 heavy (non-hydrogen) atoms. The van der Waals surface area contributed by atoms with Crippen LogP contribution in [0.1, 0.15) is 28.7 Å². The van der Waals surface area contributed by atoms with Gasteiger partial charge in [0.1, 0.15) is 0 Å². The maximum atomic E-state index is 12.5. The average molecular weight is 258 g/mol. The molecule has 1 aliphatic carbocycles. The van der Waals surface area contributed by atoms with Crippen LogP contribution in [-0.4, -0.2) is 0 Å². The van der Waals surface area contributed by atoms with Gasteiger partial charge in [-0.2, -0.15) is 0 Å². The molecule has 90 valence electrons. The summed E-state index contributed by atoms with van der Waals surface area (Å²) in [5.74, 6) is 0.200. The van der Waals surface area contributed by atoms with Gasteiger partial charge in [-0.15, -0.1) is 0 Å². The van der Waals surface area contributed by atoms with Crippen LogP contribution in [-0.2, 0) is 6.42 Å². The molecule has 1 aliphatic rings. The van der Waals surface area contributed by atoms with E-state index in [1.807, 2.05) is 30.3 Å². The van der Waals surface area contributed by atoms with E-state index in [0.717, 1.165) is 29.5 Å². The molecule has 0 spiro atoms. The van der Waals surface area contributed by atoms with E-state index in [9.17, 15) is 5.11 Å². The van der Waals surface area contributed by atoms with E-state index in [1.165, 1.54) is 11.1 Å². The third-order valence-corrected chi connectivity index (χ3v) is 3.65. The van der Waals surface area contributed by atoms with Crippen LogP contribution in [0, 0.1) is 6.92 Å². The number of benzene rings is 2. The maximum absolute atomic E-state index is 12.5.